The largest absolute Gasteiger partial charge is 0.411 e. The zero-order valence-corrected chi connectivity index (χ0v) is 9.55. The van der Waals surface area contributed by atoms with Crippen molar-refractivity contribution in [1.82, 2.24) is 5.32 Å². The predicted octanol–water partition coefficient (Wildman–Crippen LogP) is 2.31. The number of carbonyl (C=O) groups is 1. The summed E-state index contributed by atoms with van der Waals surface area (Å²) in [4.78, 5) is 11.4. The second-order valence-corrected chi connectivity index (χ2v) is 4.35. The minimum absolute atomic E-state index is 0.0341. The Labute approximate surface area is 102 Å². The molecule has 6 heteroatoms. The van der Waals surface area contributed by atoms with E-state index in [-0.39, 0.29) is 19.4 Å². The average Bonchev–Trinajstić information content (AvgIpc) is 3.08. The summed E-state index contributed by atoms with van der Waals surface area (Å²) in [5.74, 6) is -0.645. The number of hydrogen-bond donors (Lipinski definition) is 2. The summed E-state index contributed by atoms with van der Waals surface area (Å²) in [7, 11) is 0. The number of alkyl halides is 3. The fourth-order valence-electron chi connectivity index (χ4n) is 1.65. The second kappa shape index (κ2) is 4.51. The molecular formula is C12H13F3N2O. The molecule has 0 unspecified atom stereocenters. The van der Waals surface area contributed by atoms with Crippen molar-refractivity contribution >= 4 is 11.6 Å². The van der Waals surface area contributed by atoms with E-state index in [1.807, 2.05) is 6.07 Å². The van der Waals surface area contributed by atoms with Crippen LogP contribution in [-0.2, 0) is 4.79 Å². The lowest BCUT2D eigenvalue weighted by molar-refractivity contribution is -0.169. The van der Waals surface area contributed by atoms with Gasteiger partial charge in [0, 0.05) is 5.69 Å². The molecule has 2 N–H and O–H groups in total. The van der Waals surface area contributed by atoms with Crippen molar-refractivity contribution in [2.75, 3.05) is 11.9 Å². The molecule has 3 nitrogen and oxygen atoms in total. The number of benzene rings is 1. The van der Waals surface area contributed by atoms with Crippen molar-refractivity contribution in [3.63, 3.8) is 0 Å². The van der Waals surface area contributed by atoms with Crippen LogP contribution >= 0.6 is 0 Å². The van der Waals surface area contributed by atoms with E-state index >= 15 is 0 Å². The maximum atomic E-state index is 12.6. The second-order valence-electron chi connectivity index (χ2n) is 4.35. The first-order valence-corrected chi connectivity index (χ1v) is 5.60. The lowest BCUT2D eigenvalue weighted by atomic mass is 10.2. The molecule has 1 saturated carbocycles. The van der Waals surface area contributed by atoms with Crippen molar-refractivity contribution in [1.29, 1.82) is 0 Å². The Morgan fingerprint density at radius 1 is 1.22 bits per heavy atom. The summed E-state index contributed by atoms with van der Waals surface area (Å²) in [6.07, 6.45) is -4.43. The molecule has 0 spiro atoms. The number of hydrogen-bond acceptors (Lipinski definition) is 2. The van der Waals surface area contributed by atoms with Gasteiger partial charge in [-0.2, -0.15) is 13.2 Å². The van der Waals surface area contributed by atoms with Crippen LogP contribution in [0.1, 0.15) is 12.8 Å². The Kier molecular flexibility index (Phi) is 3.19. The minimum atomic E-state index is -4.37. The molecule has 0 aromatic heterocycles. The Balaban J connectivity index is 1.84. The highest BCUT2D eigenvalue weighted by molar-refractivity contribution is 5.82. The maximum Gasteiger partial charge on any atom is 0.411 e. The molecule has 98 valence electrons. The van der Waals surface area contributed by atoms with Gasteiger partial charge in [0.15, 0.2) is 0 Å². The molecule has 2 rings (SSSR count). The molecule has 0 bridgehead atoms. The summed E-state index contributed by atoms with van der Waals surface area (Å²) in [6, 6.07) is 8.85. The fraction of sp³-hybridized carbons (Fsp3) is 0.417. The highest BCUT2D eigenvalue weighted by Crippen LogP contribution is 2.48. The first-order valence-electron chi connectivity index (χ1n) is 5.60. The van der Waals surface area contributed by atoms with Gasteiger partial charge in [-0.15, -0.1) is 0 Å². The van der Waals surface area contributed by atoms with Crippen molar-refractivity contribution in [2.24, 2.45) is 0 Å². The standard InChI is InChI=1S/C12H13F3N2O/c13-12(14,15)11(6-7-11)17-10(18)8-16-9-4-2-1-3-5-9/h1-5,16H,6-8H2,(H,17,18). The number of para-hydroxylation sites is 1. The molecule has 1 aromatic carbocycles. The molecule has 0 heterocycles. The highest BCUT2D eigenvalue weighted by Gasteiger charge is 2.64. The first kappa shape index (κ1) is 12.7. The molecular weight excluding hydrogens is 245 g/mol. The van der Waals surface area contributed by atoms with E-state index in [0.717, 1.165) is 0 Å². The van der Waals surface area contributed by atoms with Crippen LogP contribution in [-0.4, -0.2) is 24.2 Å². The lowest BCUT2D eigenvalue weighted by Gasteiger charge is -2.20. The predicted molar refractivity (Wildman–Crippen MR) is 61.1 cm³/mol. The van der Waals surface area contributed by atoms with Gasteiger partial charge < -0.3 is 10.6 Å². The summed E-state index contributed by atoms with van der Waals surface area (Å²) in [5.41, 5.74) is -1.29. The van der Waals surface area contributed by atoms with E-state index in [1.165, 1.54) is 0 Å². The SMILES string of the molecule is O=C(CNc1ccccc1)NC1(C(F)(F)F)CC1. The number of halogens is 3. The molecule has 18 heavy (non-hydrogen) atoms. The molecule has 0 radical (unpaired) electrons. The van der Waals surface area contributed by atoms with E-state index < -0.39 is 17.6 Å². The Morgan fingerprint density at radius 2 is 1.83 bits per heavy atom. The van der Waals surface area contributed by atoms with Gasteiger partial charge in [0.25, 0.3) is 0 Å². The number of amides is 1. The van der Waals surface area contributed by atoms with Gasteiger partial charge in [-0.1, -0.05) is 18.2 Å². The van der Waals surface area contributed by atoms with E-state index in [4.69, 9.17) is 0 Å². The molecule has 0 atom stereocenters. The van der Waals surface area contributed by atoms with Crippen molar-refractivity contribution in [3.8, 4) is 0 Å². The fourth-order valence-corrected chi connectivity index (χ4v) is 1.65. The number of anilines is 1. The molecule has 1 aliphatic rings. The van der Waals surface area contributed by atoms with Crippen LogP contribution in [0.4, 0.5) is 18.9 Å². The van der Waals surface area contributed by atoms with Crippen LogP contribution in [0.15, 0.2) is 30.3 Å². The van der Waals surface area contributed by atoms with Crippen molar-refractivity contribution in [2.45, 2.75) is 24.6 Å². The maximum absolute atomic E-state index is 12.6. The summed E-state index contributed by atoms with van der Waals surface area (Å²) >= 11 is 0. The van der Waals surface area contributed by atoms with Crippen LogP contribution in [0.2, 0.25) is 0 Å². The van der Waals surface area contributed by atoms with E-state index in [0.29, 0.717) is 5.69 Å². The third kappa shape index (κ3) is 2.75. The van der Waals surface area contributed by atoms with Gasteiger partial charge in [-0.05, 0) is 25.0 Å². The normalized spacial score (nSPS) is 17.1. The average molecular weight is 258 g/mol. The minimum Gasteiger partial charge on any atom is -0.376 e. The van der Waals surface area contributed by atoms with E-state index in [9.17, 15) is 18.0 Å². The van der Waals surface area contributed by atoms with Crippen LogP contribution in [0.3, 0.4) is 0 Å². The van der Waals surface area contributed by atoms with Crippen LogP contribution < -0.4 is 10.6 Å². The number of carbonyl (C=O) groups excluding carboxylic acids is 1. The molecule has 1 amide bonds. The Morgan fingerprint density at radius 3 is 2.33 bits per heavy atom. The van der Waals surface area contributed by atoms with Gasteiger partial charge in [-0.3, -0.25) is 4.79 Å². The van der Waals surface area contributed by atoms with Gasteiger partial charge in [-0.25, -0.2) is 0 Å². The zero-order chi connectivity index (χ0) is 13.2. The van der Waals surface area contributed by atoms with Crippen LogP contribution in [0.5, 0.6) is 0 Å². The zero-order valence-electron chi connectivity index (χ0n) is 9.55. The first-order chi connectivity index (χ1) is 8.43. The molecule has 1 fully saturated rings. The van der Waals surface area contributed by atoms with Crippen molar-refractivity contribution in [3.05, 3.63) is 30.3 Å². The molecule has 0 saturated heterocycles. The monoisotopic (exact) mass is 258 g/mol. The lowest BCUT2D eigenvalue weighted by Crippen LogP contribution is -2.49. The highest BCUT2D eigenvalue weighted by atomic mass is 19.4. The third-order valence-electron chi connectivity index (χ3n) is 2.90. The Hall–Kier alpha value is -1.72. The van der Waals surface area contributed by atoms with E-state index in [1.54, 1.807) is 24.3 Å². The third-order valence-corrected chi connectivity index (χ3v) is 2.90. The molecule has 1 aromatic rings. The van der Waals surface area contributed by atoms with Crippen LogP contribution in [0, 0.1) is 0 Å². The topological polar surface area (TPSA) is 41.1 Å². The summed E-state index contributed by atoms with van der Waals surface area (Å²) in [6.45, 7) is -0.165. The number of rotatable bonds is 4. The van der Waals surface area contributed by atoms with Gasteiger partial charge >= 0.3 is 6.18 Å². The van der Waals surface area contributed by atoms with Crippen molar-refractivity contribution < 1.29 is 18.0 Å². The van der Waals surface area contributed by atoms with E-state index in [2.05, 4.69) is 10.6 Å². The van der Waals surface area contributed by atoms with Gasteiger partial charge in [0.1, 0.15) is 5.54 Å². The van der Waals surface area contributed by atoms with Gasteiger partial charge in [0.05, 0.1) is 6.54 Å². The van der Waals surface area contributed by atoms with Crippen LogP contribution in [0.25, 0.3) is 0 Å². The van der Waals surface area contributed by atoms with Gasteiger partial charge in [0.2, 0.25) is 5.91 Å². The Bertz CT molecular complexity index is 427. The molecule has 1 aliphatic carbocycles. The quantitative estimate of drug-likeness (QED) is 0.870. The smallest absolute Gasteiger partial charge is 0.376 e. The summed E-state index contributed by atoms with van der Waals surface area (Å²) < 4.78 is 37.8. The summed E-state index contributed by atoms with van der Waals surface area (Å²) in [5, 5.41) is 4.82. The number of nitrogens with one attached hydrogen (secondary N) is 2. The molecule has 0 aliphatic heterocycles.